The van der Waals surface area contributed by atoms with Gasteiger partial charge < -0.3 is 28.8 Å². The molecule has 1 aliphatic heterocycles. The molecule has 0 saturated heterocycles. The van der Waals surface area contributed by atoms with E-state index in [1.807, 2.05) is 6.07 Å². The number of benzene rings is 2. The molecule has 9 nitrogen and oxygen atoms in total. The standard InChI is InChI=1S/C25H16N2O7/c1-30-19-11-13(8-9-17(19)33-24(28)18-7-4-10-31-18)20-15(12-26)23(27)34-22-14-5-2-3-6-16(14)32-25(29)21(20)22/h2-11,20H,27H2,1H3/t20-/m0/s1. The Bertz CT molecular complexity index is 1560. The van der Waals surface area contributed by atoms with Gasteiger partial charge in [0.15, 0.2) is 17.2 Å². The number of hydrogen-bond acceptors (Lipinski definition) is 9. The molecule has 1 atom stereocenters. The van der Waals surface area contributed by atoms with Crippen LogP contribution in [0.5, 0.6) is 17.2 Å². The Hall–Kier alpha value is -4.97. The van der Waals surface area contributed by atoms with Crippen molar-refractivity contribution in [2.75, 3.05) is 7.11 Å². The highest BCUT2D eigenvalue weighted by molar-refractivity contribution is 5.88. The molecule has 9 heteroatoms. The van der Waals surface area contributed by atoms with Crippen molar-refractivity contribution in [2.45, 2.75) is 5.92 Å². The van der Waals surface area contributed by atoms with Gasteiger partial charge in [-0.05, 0) is 42.0 Å². The molecule has 0 saturated carbocycles. The van der Waals surface area contributed by atoms with E-state index in [4.69, 9.17) is 28.8 Å². The molecular formula is C25H16N2O7. The number of rotatable bonds is 4. The number of ether oxygens (including phenoxy) is 3. The number of hydrogen-bond donors (Lipinski definition) is 1. The Morgan fingerprint density at radius 3 is 2.68 bits per heavy atom. The number of nitrogens with zero attached hydrogens (tertiary/aromatic N) is 1. The number of carbonyl (C=O) groups excluding carboxylic acids is 1. The van der Waals surface area contributed by atoms with Crippen molar-refractivity contribution >= 4 is 16.9 Å². The van der Waals surface area contributed by atoms with E-state index in [0.29, 0.717) is 16.5 Å². The van der Waals surface area contributed by atoms with E-state index in [9.17, 15) is 14.9 Å². The highest BCUT2D eigenvalue weighted by atomic mass is 16.6. The fourth-order valence-electron chi connectivity index (χ4n) is 3.89. The summed E-state index contributed by atoms with van der Waals surface area (Å²) in [6.45, 7) is 0. The summed E-state index contributed by atoms with van der Waals surface area (Å²) in [6.07, 6.45) is 1.36. The summed E-state index contributed by atoms with van der Waals surface area (Å²) in [5, 5.41) is 10.4. The maximum atomic E-state index is 13.0. The minimum atomic E-state index is -0.890. The fourth-order valence-corrected chi connectivity index (χ4v) is 3.89. The van der Waals surface area contributed by atoms with Crippen molar-refractivity contribution in [3.8, 4) is 23.3 Å². The van der Waals surface area contributed by atoms with Crippen molar-refractivity contribution < 1.29 is 27.8 Å². The van der Waals surface area contributed by atoms with E-state index in [1.54, 1.807) is 42.5 Å². The van der Waals surface area contributed by atoms with E-state index < -0.39 is 17.5 Å². The van der Waals surface area contributed by atoms with Gasteiger partial charge in [0.2, 0.25) is 11.6 Å². The van der Waals surface area contributed by atoms with E-state index in [2.05, 4.69) is 0 Å². The molecule has 0 fully saturated rings. The molecule has 2 aromatic heterocycles. The topological polar surface area (TPSA) is 138 Å². The van der Waals surface area contributed by atoms with E-state index in [0.717, 1.165) is 0 Å². The van der Waals surface area contributed by atoms with Crippen LogP contribution in [0.1, 0.15) is 27.6 Å². The molecule has 5 rings (SSSR count). The second kappa shape index (κ2) is 8.18. The highest BCUT2D eigenvalue weighted by Crippen LogP contribution is 2.45. The third-order valence-corrected chi connectivity index (χ3v) is 5.42. The summed E-state index contributed by atoms with van der Waals surface area (Å²) in [7, 11) is 1.40. The lowest BCUT2D eigenvalue weighted by molar-refractivity contribution is 0.0696. The minimum Gasteiger partial charge on any atom is -0.493 e. The molecule has 34 heavy (non-hydrogen) atoms. The maximum absolute atomic E-state index is 13.0. The van der Waals surface area contributed by atoms with Crippen LogP contribution in [0.3, 0.4) is 0 Å². The van der Waals surface area contributed by atoms with Crippen molar-refractivity contribution in [1.29, 1.82) is 5.26 Å². The molecule has 0 bridgehead atoms. The summed E-state index contributed by atoms with van der Waals surface area (Å²) in [6, 6.07) is 16.6. The number of para-hydroxylation sites is 1. The molecule has 4 aromatic rings. The molecule has 0 unspecified atom stereocenters. The summed E-state index contributed by atoms with van der Waals surface area (Å²) >= 11 is 0. The zero-order chi connectivity index (χ0) is 23.8. The summed E-state index contributed by atoms with van der Waals surface area (Å²) in [4.78, 5) is 25.3. The van der Waals surface area contributed by atoms with Crippen molar-refractivity contribution in [3.05, 3.63) is 99.6 Å². The van der Waals surface area contributed by atoms with Gasteiger partial charge >= 0.3 is 11.6 Å². The SMILES string of the molecule is COc1cc([C@H]2C(C#N)=C(N)Oc3c2c(=O)oc2ccccc32)ccc1OC(=O)c1ccco1. The number of fused-ring (bicyclic) bond motifs is 3. The Labute approximate surface area is 192 Å². The first kappa shape index (κ1) is 20.9. The second-order valence-electron chi connectivity index (χ2n) is 7.33. The second-order valence-corrected chi connectivity index (χ2v) is 7.33. The quantitative estimate of drug-likeness (QED) is 0.276. The third-order valence-electron chi connectivity index (χ3n) is 5.42. The normalized spacial score (nSPS) is 14.8. The van der Waals surface area contributed by atoms with Gasteiger partial charge in [0, 0.05) is 0 Å². The van der Waals surface area contributed by atoms with Crippen molar-refractivity contribution in [1.82, 2.24) is 0 Å². The number of carbonyl (C=O) groups is 1. The highest BCUT2D eigenvalue weighted by Gasteiger charge is 2.36. The monoisotopic (exact) mass is 456 g/mol. The molecule has 2 aromatic carbocycles. The van der Waals surface area contributed by atoms with Crippen molar-refractivity contribution in [2.24, 2.45) is 5.73 Å². The number of furan rings is 1. The summed E-state index contributed by atoms with van der Waals surface area (Å²) in [5.41, 5.74) is 6.41. The van der Waals surface area contributed by atoms with Crippen LogP contribution in [-0.2, 0) is 0 Å². The van der Waals surface area contributed by atoms with Crippen LogP contribution >= 0.6 is 0 Å². The van der Waals surface area contributed by atoms with Gasteiger partial charge in [-0.25, -0.2) is 9.59 Å². The van der Waals surface area contributed by atoms with E-state index >= 15 is 0 Å². The first-order valence-electron chi connectivity index (χ1n) is 10.1. The molecule has 0 aliphatic carbocycles. The fraction of sp³-hybridized carbons (Fsp3) is 0.0800. The summed E-state index contributed by atoms with van der Waals surface area (Å²) < 4.78 is 27.1. The first-order chi connectivity index (χ1) is 16.5. The lowest BCUT2D eigenvalue weighted by atomic mass is 9.83. The first-order valence-corrected chi connectivity index (χ1v) is 10.1. The van der Waals surface area contributed by atoms with Crippen LogP contribution in [0, 0.1) is 11.3 Å². The van der Waals surface area contributed by atoms with Crippen LogP contribution in [0.15, 0.2) is 85.9 Å². The van der Waals surface area contributed by atoms with Crippen LogP contribution in [0.4, 0.5) is 0 Å². The number of methoxy groups -OCH3 is 1. The molecule has 2 N–H and O–H groups in total. The average Bonchev–Trinajstić information content (AvgIpc) is 3.39. The van der Waals surface area contributed by atoms with Gasteiger partial charge in [-0.3, -0.25) is 0 Å². The molecule has 0 spiro atoms. The van der Waals surface area contributed by atoms with Crippen LogP contribution in [0.25, 0.3) is 11.0 Å². The van der Waals surface area contributed by atoms with Crippen LogP contribution in [-0.4, -0.2) is 13.1 Å². The van der Waals surface area contributed by atoms with Gasteiger partial charge in [-0.2, -0.15) is 5.26 Å². The Morgan fingerprint density at radius 2 is 1.94 bits per heavy atom. The predicted molar refractivity (Wildman–Crippen MR) is 118 cm³/mol. The number of allylic oxidation sites excluding steroid dienone is 1. The lowest BCUT2D eigenvalue weighted by Crippen LogP contribution is -2.26. The van der Waals surface area contributed by atoms with Gasteiger partial charge in [0.05, 0.1) is 30.2 Å². The van der Waals surface area contributed by atoms with Crippen LogP contribution < -0.4 is 25.6 Å². The van der Waals surface area contributed by atoms with E-state index in [1.165, 1.54) is 25.5 Å². The average molecular weight is 456 g/mol. The Morgan fingerprint density at radius 1 is 1.12 bits per heavy atom. The number of nitriles is 1. The third kappa shape index (κ3) is 3.34. The summed E-state index contributed by atoms with van der Waals surface area (Å²) in [5.74, 6) is -1.15. The molecule has 0 amide bonds. The predicted octanol–water partition coefficient (Wildman–Crippen LogP) is 3.83. The minimum absolute atomic E-state index is 0.0245. The Kier molecular flexibility index (Phi) is 5.03. The van der Waals surface area contributed by atoms with Gasteiger partial charge in [-0.15, -0.1) is 0 Å². The lowest BCUT2D eigenvalue weighted by Gasteiger charge is -2.26. The molecule has 1 aliphatic rings. The van der Waals surface area contributed by atoms with E-state index in [-0.39, 0.29) is 40.0 Å². The zero-order valence-corrected chi connectivity index (χ0v) is 17.7. The molecular weight excluding hydrogens is 440 g/mol. The zero-order valence-electron chi connectivity index (χ0n) is 17.7. The van der Waals surface area contributed by atoms with Crippen LogP contribution in [0.2, 0.25) is 0 Å². The largest absolute Gasteiger partial charge is 0.493 e. The van der Waals surface area contributed by atoms with Gasteiger partial charge in [0.1, 0.15) is 17.2 Å². The molecule has 168 valence electrons. The molecule has 3 heterocycles. The van der Waals surface area contributed by atoms with Crippen molar-refractivity contribution in [3.63, 3.8) is 0 Å². The van der Waals surface area contributed by atoms with Gasteiger partial charge in [0.25, 0.3) is 0 Å². The number of nitrogens with two attached hydrogens (primary N) is 1. The smallest absolute Gasteiger partial charge is 0.379 e. The maximum Gasteiger partial charge on any atom is 0.379 e. The van der Waals surface area contributed by atoms with Gasteiger partial charge in [-0.1, -0.05) is 18.2 Å². The molecule has 0 radical (unpaired) electrons. The number of esters is 1. The Balaban J connectivity index is 1.65.